The number of hydrogen-bond acceptors (Lipinski definition) is 2. The number of para-hydroxylation sites is 4. The number of fused-ring (bicyclic) bond motifs is 12. The molecule has 4 heteroatoms. The van der Waals surface area contributed by atoms with Crippen LogP contribution in [0.25, 0.3) is 76.2 Å². The van der Waals surface area contributed by atoms with Crippen LogP contribution in [0.2, 0.25) is 0 Å². The van der Waals surface area contributed by atoms with Crippen LogP contribution in [0.15, 0.2) is 170 Å². The van der Waals surface area contributed by atoms with Crippen molar-refractivity contribution in [1.29, 1.82) is 0 Å². The third-order valence-electron chi connectivity index (χ3n) is 14.6. The molecule has 4 aromatic heterocycles. The molecular weight excluding hydrogens is 777 g/mol. The second kappa shape index (κ2) is 13.3. The molecule has 9 aromatic carbocycles. The number of aryl methyl sites for hydroxylation is 4. The van der Waals surface area contributed by atoms with E-state index in [0.717, 1.165) is 11.4 Å². The SMILES string of the molecule is Cc1cc(N(c2ccccc2)c2ccc3c4cc5c(cc4n4c6ccccc6c2c34)c2ccc(N(c3ccccc3)c3cc(C)c(C)c(C)c3)c3c4ccccc4n5c23)cc(C)c1C. The Morgan fingerprint density at radius 3 is 1.05 bits per heavy atom. The summed E-state index contributed by atoms with van der Waals surface area (Å²) in [5, 5.41) is 10.1. The zero-order valence-electron chi connectivity index (χ0n) is 37.0. The Morgan fingerprint density at radius 1 is 0.297 bits per heavy atom. The van der Waals surface area contributed by atoms with Crippen LogP contribution < -0.4 is 9.80 Å². The number of benzene rings is 9. The summed E-state index contributed by atoms with van der Waals surface area (Å²) in [5.41, 5.74) is 22.3. The number of rotatable bonds is 6. The largest absolute Gasteiger partial charge is 0.310 e. The smallest absolute Gasteiger partial charge is 0.0641 e. The molecule has 0 aliphatic carbocycles. The first-order valence-electron chi connectivity index (χ1n) is 22.4. The van der Waals surface area contributed by atoms with Gasteiger partial charge in [-0.25, -0.2) is 0 Å². The van der Waals surface area contributed by atoms with Gasteiger partial charge in [-0.15, -0.1) is 0 Å². The van der Waals surface area contributed by atoms with Crippen LogP contribution in [0, 0.1) is 41.5 Å². The summed E-state index contributed by atoms with van der Waals surface area (Å²) in [4.78, 5) is 4.93. The van der Waals surface area contributed by atoms with Gasteiger partial charge in [0.25, 0.3) is 0 Å². The summed E-state index contributed by atoms with van der Waals surface area (Å²) in [5.74, 6) is 0. The fourth-order valence-electron chi connectivity index (χ4n) is 11.1. The van der Waals surface area contributed by atoms with E-state index < -0.39 is 0 Å². The summed E-state index contributed by atoms with van der Waals surface area (Å²) >= 11 is 0. The average Bonchev–Trinajstić information content (AvgIpc) is 4.04. The summed E-state index contributed by atoms with van der Waals surface area (Å²) in [6.07, 6.45) is 0. The van der Waals surface area contributed by atoms with E-state index in [1.54, 1.807) is 0 Å². The lowest BCUT2D eigenvalue weighted by molar-refractivity contribution is 1.22. The summed E-state index contributed by atoms with van der Waals surface area (Å²) in [6, 6.07) is 63.5. The molecule has 0 aliphatic rings. The molecule has 0 unspecified atom stereocenters. The van der Waals surface area contributed by atoms with Crippen LogP contribution in [0.4, 0.5) is 34.1 Å². The van der Waals surface area contributed by atoms with Gasteiger partial charge in [0.1, 0.15) is 0 Å². The van der Waals surface area contributed by atoms with Gasteiger partial charge in [0.2, 0.25) is 0 Å². The predicted octanol–water partition coefficient (Wildman–Crippen LogP) is 16.8. The monoisotopic (exact) mass is 822 g/mol. The zero-order chi connectivity index (χ0) is 43.1. The van der Waals surface area contributed by atoms with Gasteiger partial charge in [0.15, 0.2) is 0 Å². The third kappa shape index (κ3) is 4.94. The van der Waals surface area contributed by atoms with Gasteiger partial charge in [0, 0.05) is 65.8 Å². The van der Waals surface area contributed by atoms with E-state index >= 15 is 0 Å². The molecule has 0 N–H and O–H groups in total. The van der Waals surface area contributed by atoms with Gasteiger partial charge in [-0.2, -0.15) is 0 Å². The van der Waals surface area contributed by atoms with Crippen molar-refractivity contribution in [3.8, 4) is 0 Å². The molecule has 0 spiro atoms. The molecule has 13 rings (SSSR count). The number of hydrogen-bond donors (Lipinski definition) is 0. The van der Waals surface area contributed by atoms with E-state index in [4.69, 9.17) is 0 Å². The van der Waals surface area contributed by atoms with E-state index in [0.29, 0.717) is 0 Å². The van der Waals surface area contributed by atoms with E-state index in [-0.39, 0.29) is 0 Å². The fraction of sp³-hybridized carbons (Fsp3) is 0.100. The highest BCUT2D eigenvalue weighted by Crippen LogP contribution is 2.51. The van der Waals surface area contributed by atoms with Gasteiger partial charge < -0.3 is 18.6 Å². The van der Waals surface area contributed by atoms with Crippen molar-refractivity contribution in [2.75, 3.05) is 9.80 Å². The molecule has 0 amide bonds. The van der Waals surface area contributed by atoms with Crippen LogP contribution >= 0.6 is 0 Å². The molecule has 306 valence electrons. The van der Waals surface area contributed by atoms with Gasteiger partial charge in [-0.05, 0) is 160 Å². The Labute approximate surface area is 372 Å². The molecule has 0 saturated heterocycles. The zero-order valence-corrected chi connectivity index (χ0v) is 37.0. The number of aromatic nitrogens is 2. The normalized spacial score (nSPS) is 12.2. The van der Waals surface area contributed by atoms with Crippen molar-refractivity contribution in [3.63, 3.8) is 0 Å². The summed E-state index contributed by atoms with van der Waals surface area (Å²) in [7, 11) is 0. The standard InChI is InChI=1S/C60H46N4/c1-35-29-43(30-36(2)39(35)5)61(41-17-9-7-10-18-41)53-27-25-45-49-33-56-50(34-55(49)63-51-23-15-13-21-47(51)57(53)59(45)63)46-26-28-54(58-48-22-14-16-24-52(48)64(56)60(46)58)62(42-19-11-8-12-20-42)44-31-37(3)40(6)38(4)32-44/h7-34H,1-6H3. The van der Waals surface area contributed by atoms with Crippen LogP contribution in [0.1, 0.15) is 33.4 Å². The minimum atomic E-state index is 1.14. The predicted molar refractivity (Wildman–Crippen MR) is 274 cm³/mol. The van der Waals surface area contributed by atoms with Gasteiger partial charge in [-0.1, -0.05) is 84.9 Å². The van der Waals surface area contributed by atoms with Crippen molar-refractivity contribution in [2.45, 2.75) is 41.5 Å². The van der Waals surface area contributed by atoms with Crippen molar-refractivity contribution in [3.05, 3.63) is 203 Å². The van der Waals surface area contributed by atoms with E-state index in [1.807, 2.05) is 0 Å². The van der Waals surface area contributed by atoms with Gasteiger partial charge in [-0.3, -0.25) is 0 Å². The molecule has 0 radical (unpaired) electrons. The molecule has 0 fully saturated rings. The van der Waals surface area contributed by atoms with Crippen molar-refractivity contribution < 1.29 is 0 Å². The highest BCUT2D eigenvalue weighted by molar-refractivity contribution is 6.32. The molecule has 0 saturated carbocycles. The summed E-state index contributed by atoms with van der Waals surface area (Å²) < 4.78 is 5.09. The molecular formula is C60H46N4. The Bertz CT molecular complexity index is 3710. The molecule has 4 nitrogen and oxygen atoms in total. The van der Waals surface area contributed by atoms with Crippen molar-refractivity contribution in [2.24, 2.45) is 0 Å². The number of anilines is 6. The molecule has 0 aliphatic heterocycles. The Morgan fingerprint density at radius 2 is 0.656 bits per heavy atom. The quantitative estimate of drug-likeness (QED) is 0.166. The second-order valence-electron chi connectivity index (χ2n) is 18.1. The van der Waals surface area contributed by atoms with Gasteiger partial charge >= 0.3 is 0 Å². The Hall–Kier alpha value is -7.82. The second-order valence-corrected chi connectivity index (χ2v) is 18.1. The molecule has 0 atom stereocenters. The van der Waals surface area contributed by atoms with E-state index in [9.17, 15) is 0 Å². The first-order valence-corrected chi connectivity index (χ1v) is 22.4. The lowest BCUT2D eigenvalue weighted by atomic mass is 10.00. The Balaban J connectivity index is 1.12. The van der Waals surface area contributed by atoms with Crippen molar-refractivity contribution in [1.82, 2.24) is 8.80 Å². The van der Waals surface area contributed by atoms with E-state index in [1.165, 1.54) is 132 Å². The maximum atomic E-state index is 2.55. The van der Waals surface area contributed by atoms with Crippen LogP contribution in [0.3, 0.4) is 0 Å². The minimum absolute atomic E-state index is 1.14. The molecule has 64 heavy (non-hydrogen) atoms. The first kappa shape index (κ1) is 36.8. The van der Waals surface area contributed by atoms with Crippen molar-refractivity contribution >= 4 is 110 Å². The molecule has 4 heterocycles. The van der Waals surface area contributed by atoms with E-state index in [2.05, 4.69) is 230 Å². The van der Waals surface area contributed by atoms with Crippen LogP contribution in [0.5, 0.6) is 0 Å². The minimum Gasteiger partial charge on any atom is -0.310 e. The number of nitrogens with zero attached hydrogens (tertiary/aromatic N) is 4. The highest BCUT2D eigenvalue weighted by Gasteiger charge is 2.28. The van der Waals surface area contributed by atoms with Crippen LogP contribution in [-0.2, 0) is 0 Å². The maximum absolute atomic E-state index is 2.55. The maximum Gasteiger partial charge on any atom is 0.0641 e. The third-order valence-corrected chi connectivity index (χ3v) is 14.6. The fourth-order valence-corrected chi connectivity index (χ4v) is 11.1. The highest BCUT2D eigenvalue weighted by atomic mass is 15.2. The lowest BCUT2D eigenvalue weighted by Crippen LogP contribution is -2.11. The van der Waals surface area contributed by atoms with Crippen LogP contribution in [-0.4, -0.2) is 8.80 Å². The Kier molecular flexibility index (Phi) is 7.67. The average molecular weight is 823 g/mol. The van der Waals surface area contributed by atoms with Gasteiger partial charge in [0.05, 0.1) is 44.5 Å². The molecule has 13 aromatic rings. The summed E-state index contributed by atoms with van der Waals surface area (Å²) in [6.45, 7) is 13.4. The first-order chi connectivity index (χ1) is 31.3. The molecule has 0 bridgehead atoms. The lowest BCUT2D eigenvalue weighted by Gasteiger charge is -2.27. The topological polar surface area (TPSA) is 15.3 Å².